The minimum atomic E-state index is -4.48. The maximum absolute atomic E-state index is 11.8. The zero-order valence-electron chi connectivity index (χ0n) is 7.44. The van der Waals surface area contributed by atoms with Crippen molar-refractivity contribution in [1.29, 1.82) is 0 Å². The molecule has 0 aliphatic heterocycles. The molecule has 0 aliphatic carbocycles. The summed E-state index contributed by atoms with van der Waals surface area (Å²) in [7, 11) is 0. The van der Waals surface area contributed by atoms with Crippen LogP contribution in [0.1, 0.15) is 6.42 Å². The Bertz CT molecular complexity index is 365. The highest BCUT2D eigenvalue weighted by atomic mass is 79.9. The number of anilines is 1. The maximum Gasteiger partial charge on any atom is 0.397 e. The second kappa shape index (κ2) is 4.65. The quantitative estimate of drug-likeness (QED) is 0.885. The minimum Gasteiger partial charge on any atom is -0.326 e. The molecule has 2 nitrogen and oxygen atoms in total. The van der Waals surface area contributed by atoms with Crippen LogP contribution < -0.4 is 5.32 Å². The molecular weight excluding hydrogens is 275 g/mol. The van der Waals surface area contributed by atoms with E-state index in [9.17, 15) is 18.0 Å². The molecule has 0 heterocycles. The average molecular weight is 282 g/mol. The van der Waals surface area contributed by atoms with Gasteiger partial charge < -0.3 is 5.32 Å². The molecule has 0 saturated carbocycles. The molecule has 6 heteroatoms. The summed E-state index contributed by atoms with van der Waals surface area (Å²) < 4.78 is 36.1. The van der Waals surface area contributed by atoms with Gasteiger partial charge in [-0.3, -0.25) is 4.79 Å². The van der Waals surface area contributed by atoms with Gasteiger partial charge >= 0.3 is 6.18 Å². The number of carbonyl (C=O) groups is 1. The van der Waals surface area contributed by atoms with E-state index in [1.807, 2.05) is 0 Å². The number of nitrogens with one attached hydrogen (secondary N) is 1. The van der Waals surface area contributed by atoms with Crippen molar-refractivity contribution >= 4 is 27.5 Å². The minimum absolute atomic E-state index is 0.332. The molecule has 0 atom stereocenters. The van der Waals surface area contributed by atoms with E-state index in [4.69, 9.17) is 0 Å². The van der Waals surface area contributed by atoms with Gasteiger partial charge in [-0.1, -0.05) is 22.0 Å². The van der Waals surface area contributed by atoms with Crippen LogP contribution in [0.25, 0.3) is 0 Å². The van der Waals surface area contributed by atoms with Crippen LogP contribution in [0.3, 0.4) is 0 Å². The summed E-state index contributed by atoms with van der Waals surface area (Å²) in [4.78, 5) is 10.9. The fourth-order valence-corrected chi connectivity index (χ4v) is 1.35. The Morgan fingerprint density at radius 2 is 2.07 bits per heavy atom. The predicted molar refractivity (Wildman–Crippen MR) is 53.4 cm³/mol. The number of amides is 1. The Hall–Kier alpha value is -1.04. The molecule has 0 aliphatic rings. The number of alkyl halides is 3. The van der Waals surface area contributed by atoms with Crippen LogP contribution in [0, 0.1) is 0 Å². The lowest BCUT2D eigenvalue weighted by molar-refractivity contribution is -0.150. The first-order valence-electron chi connectivity index (χ1n) is 3.99. The van der Waals surface area contributed by atoms with Gasteiger partial charge in [-0.15, -0.1) is 0 Å². The SMILES string of the molecule is O=C(CC(F)(F)F)Nc1cccc(Br)c1. The van der Waals surface area contributed by atoms with Gasteiger partial charge in [0.05, 0.1) is 0 Å². The first-order chi connectivity index (χ1) is 6.87. The van der Waals surface area contributed by atoms with Gasteiger partial charge in [0.1, 0.15) is 6.42 Å². The van der Waals surface area contributed by atoms with E-state index < -0.39 is 18.5 Å². The topological polar surface area (TPSA) is 29.1 Å². The van der Waals surface area contributed by atoms with Crippen LogP contribution >= 0.6 is 15.9 Å². The Labute approximate surface area is 92.6 Å². The van der Waals surface area contributed by atoms with Crippen molar-refractivity contribution in [3.63, 3.8) is 0 Å². The highest BCUT2D eigenvalue weighted by Crippen LogP contribution is 2.21. The first-order valence-corrected chi connectivity index (χ1v) is 4.78. The monoisotopic (exact) mass is 281 g/mol. The van der Waals surface area contributed by atoms with E-state index in [0.29, 0.717) is 10.2 Å². The fourth-order valence-electron chi connectivity index (χ4n) is 0.953. The molecule has 0 fully saturated rings. The number of hydrogen-bond donors (Lipinski definition) is 1. The van der Waals surface area contributed by atoms with E-state index in [-0.39, 0.29) is 0 Å². The van der Waals surface area contributed by atoms with Gasteiger partial charge in [0.2, 0.25) is 5.91 Å². The van der Waals surface area contributed by atoms with Crippen molar-refractivity contribution in [2.75, 3.05) is 5.32 Å². The van der Waals surface area contributed by atoms with Gasteiger partial charge in [0.15, 0.2) is 0 Å². The second-order valence-corrected chi connectivity index (χ2v) is 3.77. The van der Waals surface area contributed by atoms with Crippen LogP contribution in [0.5, 0.6) is 0 Å². The average Bonchev–Trinajstić information content (AvgIpc) is 1.99. The van der Waals surface area contributed by atoms with Gasteiger partial charge in [-0.05, 0) is 18.2 Å². The normalized spacial score (nSPS) is 11.2. The molecule has 0 radical (unpaired) electrons. The van der Waals surface area contributed by atoms with Gasteiger partial charge in [-0.25, -0.2) is 0 Å². The second-order valence-electron chi connectivity index (χ2n) is 2.85. The zero-order valence-corrected chi connectivity index (χ0v) is 9.02. The van der Waals surface area contributed by atoms with Crippen LogP contribution in [-0.4, -0.2) is 12.1 Å². The summed E-state index contributed by atoms with van der Waals surface area (Å²) in [5.74, 6) is -1.07. The number of hydrogen-bond acceptors (Lipinski definition) is 1. The molecular formula is C9H7BrF3NO. The third-order valence-corrected chi connectivity index (χ3v) is 1.96. The number of halogens is 4. The highest BCUT2D eigenvalue weighted by Gasteiger charge is 2.31. The molecule has 15 heavy (non-hydrogen) atoms. The largest absolute Gasteiger partial charge is 0.397 e. The molecule has 0 spiro atoms. The van der Waals surface area contributed by atoms with Crippen molar-refractivity contribution < 1.29 is 18.0 Å². The van der Waals surface area contributed by atoms with Crippen LogP contribution in [-0.2, 0) is 4.79 Å². The smallest absolute Gasteiger partial charge is 0.326 e. The van der Waals surface area contributed by atoms with E-state index in [1.54, 1.807) is 12.1 Å². The summed E-state index contributed by atoms with van der Waals surface area (Å²) in [6.07, 6.45) is -5.95. The Kier molecular flexibility index (Phi) is 3.73. The van der Waals surface area contributed by atoms with Crippen LogP contribution in [0.4, 0.5) is 18.9 Å². The summed E-state index contributed by atoms with van der Waals surface area (Å²) in [5, 5.41) is 2.15. The molecule has 1 N–H and O–H groups in total. The predicted octanol–water partition coefficient (Wildman–Crippen LogP) is 3.34. The summed E-state index contributed by atoms with van der Waals surface area (Å²) in [5.41, 5.74) is 0.332. The fraction of sp³-hybridized carbons (Fsp3) is 0.222. The summed E-state index contributed by atoms with van der Waals surface area (Å²) in [6, 6.07) is 6.36. The van der Waals surface area contributed by atoms with E-state index in [0.717, 1.165) is 0 Å². The molecule has 0 bridgehead atoms. The van der Waals surface area contributed by atoms with Crippen LogP contribution in [0.2, 0.25) is 0 Å². The Balaban J connectivity index is 2.59. The van der Waals surface area contributed by atoms with Crippen molar-refractivity contribution in [1.82, 2.24) is 0 Å². The molecule has 0 aromatic heterocycles. The summed E-state index contributed by atoms with van der Waals surface area (Å²) in [6.45, 7) is 0. The molecule has 0 saturated heterocycles. The number of benzene rings is 1. The first kappa shape index (κ1) is 12.0. The molecule has 1 amide bonds. The van der Waals surface area contributed by atoms with E-state index in [2.05, 4.69) is 21.2 Å². The van der Waals surface area contributed by atoms with E-state index in [1.165, 1.54) is 12.1 Å². The molecule has 1 aromatic rings. The zero-order chi connectivity index (χ0) is 11.5. The highest BCUT2D eigenvalue weighted by molar-refractivity contribution is 9.10. The number of carbonyl (C=O) groups excluding carboxylic acids is 1. The number of rotatable bonds is 2. The standard InChI is InChI=1S/C9H7BrF3NO/c10-6-2-1-3-7(4-6)14-8(15)5-9(11,12)13/h1-4H,5H2,(H,14,15). The molecule has 1 rings (SSSR count). The lowest BCUT2D eigenvalue weighted by atomic mass is 10.3. The summed E-state index contributed by atoms with van der Waals surface area (Å²) >= 11 is 3.14. The Morgan fingerprint density at radius 1 is 1.40 bits per heavy atom. The third kappa shape index (κ3) is 4.83. The van der Waals surface area contributed by atoms with Gasteiger partial charge in [0.25, 0.3) is 0 Å². The maximum atomic E-state index is 11.8. The van der Waals surface area contributed by atoms with Gasteiger partial charge in [0, 0.05) is 10.2 Å². The Morgan fingerprint density at radius 3 is 2.60 bits per heavy atom. The third-order valence-electron chi connectivity index (χ3n) is 1.47. The van der Waals surface area contributed by atoms with Crippen molar-refractivity contribution in [3.05, 3.63) is 28.7 Å². The van der Waals surface area contributed by atoms with Crippen molar-refractivity contribution in [2.45, 2.75) is 12.6 Å². The van der Waals surface area contributed by atoms with Crippen molar-refractivity contribution in [3.8, 4) is 0 Å². The molecule has 0 unspecified atom stereocenters. The lowest BCUT2D eigenvalue weighted by Gasteiger charge is -2.07. The van der Waals surface area contributed by atoms with Crippen LogP contribution in [0.15, 0.2) is 28.7 Å². The lowest BCUT2D eigenvalue weighted by Crippen LogP contribution is -2.21. The van der Waals surface area contributed by atoms with Crippen molar-refractivity contribution in [2.24, 2.45) is 0 Å². The van der Waals surface area contributed by atoms with Gasteiger partial charge in [-0.2, -0.15) is 13.2 Å². The van der Waals surface area contributed by atoms with E-state index >= 15 is 0 Å². The molecule has 82 valence electrons. The molecule has 1 aromatic carbocycles.